The van der Waals surface area contributed by atoms with Crippen LogP contribution in [-0.4, -0.2) is 22.5 Å². The van der Waals surface area contributed by atoms with Gasteiger partial charge in [-0.2, -0.15) is 0 Å². The first-order valence-electron chi connectivity index (χ1n) is 5.56. The molecular weight excluding hydrogens is 222 g/mol. The zero-order valence-electron chi connectivity index (χ0n) is 9.10. The summed E-state index contributed by atoms with van der Waals surface area (Å²) in [6.07, 6.45) is 8.39. The Morgan fingerprint density at radius 3 is 2.94 bits per heavy atom. The number of hydrogen-bond acceptors (Lipinski definition) is 2. The van der Waals surface area contributed by atoms with Gasteiger partial charge in [-0.3, -0.25) is 0 Å². The van der Waals surface area contributed by atoms with Crippen LogP contribution in [-0.2, 0) is 0 Å². The summed E-state index contributed by atoms with van der Waals surface area (Å²) in [5.74, 6) is 0.728. The SMILES string of the molecule is Cl.c1cn2cncc2cc1C1CCNCC1. The van der Waals surface area contributed by atoms with E-state index >= 15 is 0 Å². The van der Waals surface area contributed by atoms with Crippen LogP contribution in [0.2, 0.25) is 0 Å². The molecule has 0 radical (unpaired) electrons. The number of imidazole rings is 1. The van der Waals surface area contributed by atoms with E-state index in [1.165, 1.54) is 23.9 Å². The number of piperidine rings is 1. The molecule has 2 aromatic heterocycles. The number of halogens is 1. The quantitative estimate of drug-likeness (QED) is 0.824. The summed E-state index contributed by atoms with van der Waals surface area (Å²) in [6.45, 7) is 2.30. The molecule has 0 saturated carbocycles. The summed E-state index contributed by atoms with van der Waals surface area (Å²) in [4.78, 5) is 4.14. The molecule has 0 amide bonds. The highest BCUT2D eigenvalue weighted by molar-refractivity contribution is 5.85. The van der Waals surface area contributed by atoms with Crippen molar-refractivity contribution in [1.29, 1.82) is 0 Å². The molecule has 0 spiro atoms. The number of rotatable bonds is 1. The molecule has 0 unspecified atom stereocenters. The predicted octanol–water partition coefficient (Wildman–Crippen LogP) is 2.22. The van der Waals surface area contributed by atoms with Gasteiger partial charge >= 0.3 is 0 Å². The van der Waals surface area contributed by atoms with Crippen molar-refractivity contribution in [2.45, 2.75) is 18.8 Å². The Kier molecular flexibility index (Phi) is 3.46. The van der Waals surface area contributed by atoms with Gasteiger partial charge in [-0.25, -0.2) is 4.98 Å². The topological polar surface area (TPSA) is 29.3 Å². The lowest BCUT2D eigenvalue weighted by Gasteiger charge is -2.22. The fourth-order valence-electron chi connectivity index (χ4n) is 2.35. The molecule has 16 heavy (non-hydrogen) atoms. The molecule has 3 heterocycles. The molecule has 86 valence electrons. The van der Waals surface area contributed by atoms with Crippen LogP contribution in [0.1, 0.15) is 24.3 Å². The maximum Gasteiger partial charge on any atom is 0.0991 e. The van der Waals surface area contributed by atoms with Gasteiger partial charge < -0.3 is 9.72 Å². The minimum Gasteiger partial charge on any atom is -0.317 e. The lowest BCUT2D eigenvalue weighted by Crippen LogP contribution is -2.26. The zero-order valence-corrected chi connectivity index (χ0v) is 9.91. The van der Waals surface area contributed by atoms with E-state index in [1.807, 2.05) is 12.5 Å². The van der Waals surface area contributed by atoms with Crippen molar-refractivity contribution in [3.63, 3.8) is 0 Å². The number of aromatic nitrogens is 2. The third-order valence-electron chi connectivity index (χ3n) is 3.25. The lowest BCUT2D eigenvalue weighted by atomic mass is 9.91. The number of nitrogens with zero attached hydrogens (tertiary/aromatic N) is 2. The standard InChI is InChI=1S/C12H15N3.ClH/c1-4-13-5-2-10(1)11-3-6-15-9-14-8-12(15)7-11;/h3,6-10,13H,1-2,4-5H2;1H. The fraction of sp³-hybridized carbons (Fsp3) is 0.417. The minimum atomic E-state index is 0. The van der Waals surface area contributed by atoms with Gasteiger partial charge in [0.25, 0.3) is 0 Å². The van der Waals surface area contributed by atoms with Gasteiger partial charge in [0.2, 0.25) is 0 Å². The summed E-state index contributed by atoms with van der Waals surface area (Å²) < 4.78 is 2.06. The van der Waals surface area contributed by atoms with E-state index in [-0.39, 0.29) is 12.4 Å². The molecule has 0 aromatic carbocycles. The molecule has 0 aliphatic carbocycles. The average molecular weight is 238 g/mol. The number of hydrogen-bond donors (Lipinski definition) is 1. The summed E-state index contributed by atoms with van der Waals surface area (Å²) in [7, 11) is 0. The third kappa shape index (κ3) is 2.06. The average Bonchev–Trinajstić information content (AvgIpc) is 2.77. The Morgan fingerprint density at radius 2 is 2.12 bits per heavy atom. The maximum atomic E-state index is 4.14. The lowest BCUT2D eigenvalue weighted by molar-refractivity contribution is 0.460. The third-order valence-corrected chi connectivity index (χ3v) is 3.25. The van der Waals surface area contributed by atoms with Crippen molar-refractivity contribution in [2.24, 2.45) is 0 Å². The summed E-state index contributed by atoms with van der Waals surface area (Å²) in [5, 5.41) is 3.40. The van der Waals surface area contributed by atoms with Gasteiger partial charge in [-0.15, -0.1) is 12.4 Å². The highest BCUT2D eigenvalue weighted by Crippen LogP contribution is 2.25. The van der Waals surface area contributed by atoms with E-state index < -0.39 is 0 Å². The number of pyridine rings is 1. The van der Waals surface area contributed by atoms with Crippen LogP contribution in [0.4, 0.5) is 0 Å². The monoisotopic (exact) mass is 237 g/mol. The van der Waals surface area contributed by atoms with Crippen LogP contribution in [0.15, 0.2) is 30.9 Å². The highest BCUT2D eigenvalue weighted by Gasteiger charge is 2.15. The molecular formula is C12H16ClN3. The highest BCUT2D eigenvalue weighted by atomic mass is 35.5. The summed E-state index contributed by atoms with van der Waals surface area (Å²) in [6, 6.07) is 4.49. The van der Waals surface area contributed by atoms with E-state index in [2.05, 4.69) is 33.0 Å². The normalized spacial score (nSPS) is 17.2. The number of nitrogens with one attached hydrogen (secondary N) is 1. The molecule has 3 rings (SSSR count). The van der Waals surface area contributed by atoms with Crippen LogP contribution < -0.4 is 5.32 Å². The van der Waals surface area contributed by atoms with Crippen LogP contribution >= 0.6 is 12.4 Å². The smallest absolute Gasteiger partial charge is 0.0991 e. The molecule has 3 nitrogen and oxygen atoms in total. The Labute approximate surface area is 101 Å². The molecule has 1 aliphatic heterocycles. The second kappa shape index (κ2) is 4.85. The van der Waals surface area contributed by atoms with Gasteiger partial charge in [-0.05, 0) is 49.5 Å². The van der Waals surface area contributed by atoms with Crippen LogP contribution in [0.25, 0.3) is 5.52 Å². The van der Waals surface area contributed by atoms with Gasteiger partial charge in [0, 0.05) is 6.20 Å². The predicted molar refractivity (Wildman–Crippen MR) is 67.3 cm³/mol. The van der Waals surface area contributed by atoms with Gasteiger partial charge in [0.1, 0.15) is 0 Å². The first-order chi connectivity index (χ1) is 7.43. The van der Waals surface area contributed by atoms with Crippen LogP contribution in [0.5, 0.6) is 0 Å². The first-order valence-corrected chi connectivity index (χ1v) is 5.56. The van der Waals surface area contributed by atoms with Crippen molar-refractivity contribution in [1.82, 2.24) is 14.7 Å². The Hall–Kier alpha value is -1.06. The van der Waals surface area contributed by atoms with Gasteiger partial charge in [0.05, 0.1) is 18.0 Å². The largest absolute Gasteiger partial charge is 0.317 e. The first kappa shape index (κ1) is 11.4. The van der Waals surface area contributed by atoms with Crippen molar-refractivity contribution >= 4 is 17.9 Å². The molecule has 4 heteroatoms. The second-order valence-corrected chi connectivity index (χ2v) is 4.21. The zero-order chi connectivity index (χ0) is 10.1. The summed E-state index contributed by atoms with van der Waals surface area (Å²) in [5.41, 5.74) is 2.66. The van der Waals surface area contributed by atoms with Gasteiger partial charge in [-0.1, -0.05) is 0 Å². The van der Waals surface area contributed by atoms with E-state index in [1.54, 1.807) is 0 Å². The maximum absolute atomic E-state index is 4.14. The van der Waals surface area contributed by atoms with E-state index in [0.717, 1.165) is 19.0 Å². The molecule has 2 aromatic rings. The molecule has 1 saturated heterocycles. The van der Waals surface area contributed by atoms with Crippen LogP contribution in [0, 0.1) is 0 Å². The van der Waals surface area contributed by atoms with Crippen molar-refractivity contribution in [2.75, 3.05) is 13.1 Å². The minimum absolute atomic E-state index is 0. The molecule has 0 bridgehead atoms. The Morgan fingerprint density at radius 1 is 1.31 bits per heavy atom. The van der Waals surface area contributed by atoms with Crippen LogP contribution in [0.3, 0.4) is 0 Å². The second-order valence-electron chi connectivity index (χ2n) is 4.21. The van der Waals surface area contributed by atoms with E-state index in [0.29, 0.717) is 0 Å². The van der Waals surface area contributed by atoms with Crippen molar-refractivity contribution < 1.29 is 0 Å². The van der Waals surface area contributed by atoms with E-state index in [4.69, 9.17) is 0 Å². The molecule has 0 atom stereocenters. The molecule has 1 fully saturated rings. The molecule has 1 aliphatic rings. The molecule has 1 N–H and O–H groups in total. The fourth-order valence-corrected chi connectivity index (χ4v) is 2.35. The Bertz CT molecular complexity index is 460. The number of fused-ring (bicyclic) bond motifs is 1. The van der Waals surface area contributed by atoms with Crippen molar-refractivity contribution in [3.8, 4) is 0 Å². The van der Waals surface area contributed by atoms with E-state index in [9.17, 15) is 0 Å². The Balaban J connectivity index is 0.000000963. The van der Waals surface area contributed by atoms with Crippen molar-refractivity contribution in [3.05, 3.63) is 36.4 Å². The summed E-state index contributed by atoms with van der Waals surface area (Å²) >= 11 is 0. The van der Waals surface area contributed by atoms with Gasteiger partial charge in [0.15, 0.2) is 0 Å².